The summed E-state index contributed by atoms with van der Waals surface area (Å²) in [5, 5.41) is 3.16. The third-order valence-electron chi connectivity index (χ3n) is 4.21. The van der Waals surface area contributed by atoms with E-state index in [2.05, 4.69) is 33.4 Å². The van der Waals surface area contributed by atoms with E-state index >= 15 is 0 Å². The Balaban J connectivity index is 2.06. The molecule has 0 aromatic carbocycles. The van der Waals surface area contributed by atoms with Crippen LogP contribution in [0.1, 0.15) is 39.5 Å². The third-order valence-corrected chi connectivity index (χ3v) is 4.21. The minimum absolute atomic E-state index is 0.604. The molecule has 1 aliphatic carbocycles. The highest BCUT2D eigenvalue weighted by atomic mass is 15.3. The van der Waals surface area contributed by atoms with E-state index in [1.54, 1.807) is 0 Å². The Kier molecular flexibility index (Phi) is 3.99. The molecule has 3 rings (SSSR count). The van der Waals surface area contributed by atoms with Crippen molar-refractivity contribution in [3.63, 3.8) is 0 Å². The lowest BCUT2D eigenvalue weighted by Crippen LogP contribution is -2.37. The lowest BCUT2D eigenvalue weighted by molar-refractivity contribution is 0.532. The summed E-state index contributed by atoms with van der Waals surface area (Å²) in [6, 6.07) is 0.604. The average Bonchev–Trinajstić information content (AvgIpc) is 3.14. The second-order valence-corrected chi connectivity index (χ2v) is 6.34. The topological polar surface area (TPSA) is 45.5 Å². The van der Waals surface area contributed by atoms with Crippen molar-refractivity contribution < 1.29 is 0 Å². The summed E-state index contributed by atoms with van der Waals surface area (Å²) in [7, 11) is 1.91. The van der Waals surface area contributed by atoms with Crippen LogP contribution < -0.4 is 10.2 Å². The first-order chi connectivity index (χ1) is 10.2. The number of imidazole rings is 1. The maximum Gasteiger partial charge on any atom is 0.180 e. The summed E-state index contributed by atoms with van der Waals surface area (Å²) >= 11 is 0. The number of fused-ring (bicyclic) bond motifs is 1. The van der Waals surface area contributed by atoms with Crippen molar-refractivity contribution in [1.82, 2.24) is 14.4 Å². The molecule has 0 unspecified atom stereocenters. The van der Waals surface area contributed by atoms with Crippen LogP contribution in [0.5, 0.6) is 0 Å². The standard InChI is InChI=1S/C16H25N5/c1-12(2)10-21(13-6-4-5-7-13)16-15-18-8-9-20(15)11-14(17-3)19-16/h8-9,11-13,17H,4-7,10H2,1-3H3. The highest BCUT2D eigenvalue weighted by Crippen LogP contribution is 2.30. The van der Waals surface area contributed by atoms with Crippen molar-refractivity contribution in [3.8, 4) is 0 Å². The summed E-state index contributed by atoms with van der Waals surface area (Å²) < 4.78 is 2.07. The van der Waals surface area contributed by atoms with Gasteiger partial charge in [0.1, 0.15) is 5.82 Å². The molecule has 5 nitrogen and oxygen atoms in total. The van der Waals surface area contributed by atoms with Crippen molar-refractivity contribution in [2.45, 2.75) is 45.6 Å². The van der Waals surface area contributed by atoms with Crippen LogP contribution in [0.2, 0.25) is 0 Å². The first-order valence-electron chi connectivity index (χ1n) is 7.97. The molecule has 0 aliphatic heterocycles. The molecule has 0 spiro atoms. The Morgan fingerprint density at radius 3 is 2.81 bits per heavy atom. The molecule has 0 saturated heterocycles. The van der Waals surface area contributed by atoms with Crippen LogP contribution in [0.25, 0.3) is 5.65 Å². The van der Waals surface area contributed by atoms with E-state index in [1.807, 2.05) is 25.6 Å². The van der Waals surface area contributed by atoms with Gasteiger partial charge in [0, 0.05) is 32.0 Å². The molecule has 1 N–H and O–H groups in total. The predicted molar refractivity (Wildman–Crippen MR) is 87.0 cm³/mol. The Labute approximate surface area is 126 Å². The summed E-state index contributed by atoms with van der Waals surface area (Å²) in [6.45, 7) is 5.58. The molecule has 114 valence electrons. The van der Waals surface area contributed by atoms with E-state index in [0.29, 0.717) is 12.0 Å². The highest BCUT2D eigenvalue weighted by Gasteiger charge is 2.26. The van der Waals surface area contributed by atoms with Crippen LogP contribution in [0, 0.1) is 5.92 Å². The lowest BCUT2D eigenvalue weighted by Gasteiger charge is -2.32. The van der Waals surface area contributed by atoms with E-state index in [-0.39, 0.29) is 0 Å². The average molecular weight is 287 g/mol. The van der Waals surface area contributed by atoms with Crippen LogP contribution in [-0.2, 0) is 0 Å². The van der Waals surface area contributed by atoms with Gasteiger partial charge in [-0.1, -0.05) is 26.7 Å². The van der Waals surface area contributed by atoms with Gasteiger partial charge in [0.05, 0.1) is 6.20 Å². The Morgan fingerprint density at radius 1 is 1.38 bits per heavy atom. The summed E-state index contributed by atoms with van der Waals surface area (Å²) in [5.74, 6) is 2.52. The minimum atomic E-state index is 0.604. The van der Waals surface area contributed by atoms with Gasteiger partial charge in [0.25, 0.3) is 0 Å². The van der Waals surface area contributed by atoms with Crippen LogP contribution in [0.3, 0.4) is 0 Å². The molecule has 0 bridgehead atoms. The van der Waals surface area contributed by atoms with Gasteiger partial charge in [-0.25, -0.2) is 9.97 Å². The Morgan fingerprint density at radius 2 is 2.14 bits per heavy atom. The van der Waals surface area contributed by atoms with Crippen LogP contribution >= 0.6 is 0 Å². The van der Waals surface area contributed by atoms with Crippen LogP contribution in [-0.4, -0.2) is 34.0 Å². The molecule has 21 heavy (non-hydrogen) atoms. The molecule has 1 fully saturated rings. The normalized spacial score (nSPS) is 16.0. The molecular weight excluding hydrogens is 262 g/mol. The number of hydrogen-bond acceptors (Lipinski definition) is 4. The molecule has 0 atom stereocenters. The largest absolute Gasteiger partial charge is 0.372 e. The number of rotatable bonds is 5. The smallest absolute Gasteiger partial charge is 0.180 e. The second kappa shape index (κ2) is 5.92. The molecule has 5 heteroatoms. The second-order valence-electron chi connectivity index (χ2n) is 6.34. The van der Waals surface area contributed by atoms with Crippen molar-refractivity contribution >= 4 is 17.3 Å². The van der Waals surface area contributed by atoms with E-state index in [4.69, 9.17) is 4.98 Å². The molecule has 1 aliphatic rings. The molecule has 0 radical (unpaired) electrons. The van der Waals surface area contributed by atoms with Crippen LogP contribution in [0.4, 0.5) is 11.6 Å². The zero-order valence-electron chi connectivity index (χ0n) is 13.2. The van der Waals surface area contributed by atoms with Crippen molar-refractivity contribution in [2.75, 3.05) is 23.8 Å². The van der Waals surface area contributed by atoms with Crippen molar-refractivity contribution in [1.29, 1.82) is 0 Å². The maximum absolute atomic E-state index is 4.82. The Hall–Kier alpha value is -1.78. The number of hydrogen-bond donors (Lipinski definition) is 1. The first kappa shape index (κ1) is 14.2. The summed E-state index contributed by atoms with van der Waals surface area (Å²) in [5.41, 5.74) is 0.960. The van der Waals surface area contributed by atoms with Gasteiger partial charge < -0.3 is 14.6 Å². The van der Waals surface area contributed by atoms with E-state index in [9.17, 15) is 0 Å². The minimum Gasteiger partial charge on any atom is -0.372 e. The predicted octanol–water partition coefficient (Wildman–Crippen LogP) is 3.18. The van der Waals surface area contributed by atoms with Crippen LogP contribution in [0.15, 0.2) is 18.6 Å². The molecular formula is C16H25N5. The van der Waals surface area contributed by atoms with Crippen molar-refractivity contribution in [3.05, 3.63) is 18.6 Å². The maximum atomic E-state index is 4.82. The number of anilines is 2. The Bertz CT molecular complexity index is 598. The fourth-order valence-electron chi connectivity index (χ4n) is 3.25. The van der Waals surface area contributed by atoms with Gasteiger partial charge in [-0.2, -0.15) is 0 Å². The zero-order chi connectivity index (χ0) is 14.8. The van der Waals surface area contributed by atoms with E-state index < -0.39 is 0 Å². The summed E-state index contributed by atoms with van der Waals surface area (Å²) in [4.78, 5) is 11.8. The van der Waals surface area contributed by atoms with Gasteiger partial charge in [-0.15, -0.1) is 0 Å². The highest BCUT2D eigenvalue weighted by molar-refractivity contribution is 5.67. The van der Waals surface area contributed by atoms with Gasteiger partial charge in [0.15, 0.2) is 11.5 Å². The fraction of sp³-hybridized carbons (Fsp3) is 0.625. The molecule has 2 aromatic rings. The van der Waals surface area contributed by atoms with E-state index in [0.717, 1.165) is 23.8 Å². The molecule has 1 saturated carbocycles. The number of nitrogens with zero attached hydrogens (tertiary/aromatic N) is 4. The molecule has 2 heterocycles. The van der Waals surface area contributed by atoms with E-state index in [1.165, 1.54) is 25.7 Å². The zero-order valence-corrected chi connectivity index (χ0v) is 13.2. The first-order valence-corrected chi connectivity index (χ1v) is 7.97. The van der Waals surface area contributed by atoms with Gasteiger partial charge in [-0.3, -0.25) is 0 Å². The molecule has 2 aromatic heterocycles. The van der Waals surface area contributed by atoms with Crippen molar-refractivity contribution in [2.24, 2.45) is 5.92 Å². The van der Waals surface area contributed by atoms with Gasteiger partial charge in [-0.05, 0) is 18.8 Å². The summed E-state index contributed by atoms with van der Waals surface area (Å²) in [6.07, 6.45) is 11.0. The monoisotopic (exact) mass is 287 g/mol. The number of aromatic nitrogens is 3. The number of nitrogens with one attached hydrogen (secondary N) is 1. The SMILES string of the molecule is CNc1cn2ccnc2c(N(CC(C)C)C2CCCC2)n1. The lowest BCUT2D eigenvalue weighted by atomic mass is 10.1. The van der Waals surface area contributed by atoms with Gasteiger partial charge in [0.2, 0.25) is 0 Å². The quantitative estimate of drug-likeness (QED) is 0.917. The van der Waals surface area contributed by atoms with Gasteiger partial charge >= 0.3 is 0 Å². The fourth-order valence-corrected chi connectivity index (χ4v) is 3.25. The third kappa shape index (κ3) is 2.82. The molecule has 0 amide bonds.